The zero-order valence-electron chi connectivity index (χ0n) is 15.3. The van der Waals surface area contributed by atoms with Gasteiger partial charge in [-0.05, 0) is 30.9 Å². The maximum atomic E-state index is 12.8. The Bertz CT molecular complexity index is 905. The number of piperazine rings is 1. The molecule has 0 saturated carbocycles. The number of aryl methyl sites for hydroxylation is 2. The number of halogens is 3. The van der Waals surface area contributed by atoms with E-state index in [2.05, 4.69) is 20.0 Å². The van der Waals surface area contributed by atoms with Crippen molar-refractivity contribution in [2.45, 2.75) is 32.0 Å². The van der Waals surface area contributed by atoms with Gasteiger partial charge in [-0.1, -0.05) is 0 Å². The van der Waals surface area contributed by atoms with Crippen molar-refractivity contribution in [1.29, 1.82) is 0 Å². The number of anilines is 1. The van der Waals surface area contributed by atoms with Gasteiger partial charge in [-0.15, -0.1) is 0 Å². The highest BCUT2D eigenvalue weighted by molar-refractivity contribution is 5.31. The second-order valence-electron chi connectivity index (χ2n) is 7.10. The van der Waals surface area contributed by atoms with Crippen LogP contribution in [0.25, 0.3) is 0 Å². The molecule has 28 heavy (non-hydrogen) atoms. The molecule has 2 aliphatic rings. The lowest BCUT2D eigenvalue weighted by Gasteiger charge is -2.34. The van der Waals surface area contributed by atoms with Crippen molar-refractivity contribution in [1.82, 2.24) is 24.6 Å². The van der Waals surface area contributed by atoms with Gasteiger partial charge in [-0.3, -0.25) is 9.69 Å². The van der Waals surface area contributed by atoms with Crippen LogP contribution in [0.5, 0.6) is 0 Å². The first-order chi connectivity index (χ1) is 13.4. The molecule has 0 spiro atoms. The van der Waals surface area contributed by atoms with Gasteiger partial charge in [0.05, 0.1) is 12.2 Å². The summed E-state index contributed by atoms with van der Waals surface area (Å²) >= 11 is 0. The van der Waals surface area contributed by atoms with Gasteiger partial charge in [0.2, 0.25) is 5.95 Å². The van der Waals surface area contributed by atoms with Gasteiger partial charge >= 0.3 is 6.18 Å². The third kappa shape index (κ3) is 4.01. The molecule has 150 valence electrons. The largest absolute Gasteiger partial charge is 0.433 e. The molecule has 0 N–H and O–H groups in total. The van der Waals surface area contributed by atoms with E-state index in [0.29, 0.717) is 39.3 Å². The van der Waals surface area contributed by atoms with Crippen LogP contribution in [0.15, 0.2) is 23.1 Å². The average molecular weight is 394 g/mol. The third-order valence-electron chi connectivity index (χ3n) is 5.24. The van der Waals surface area contributed by atoms with E-state index in [4.69, 9.17) is 0 Å². The molecule has 1 saturated heterocycles. The van der Waals surface area contributed by atoms with Crippen LogP contribution in [0, 0.1) is 0 Å². The summed E-state index contributed by atoms with van der Waals surface area (Å²) in [5.41, 5.74) is 1.08. The Labute approximate surface area is 159 Å². The number of rotatable bonds is 4. The fourth-order valence-electron chi connectivity index (χ4n) is 3.67. The lowest BCUT2D eigenvalue weighted by Crippen LogP contribution is -2.48. The van der Waals surface area contributed by atoms with E-state index >= 15 is 0 Å². The molecular weight excluding hydrogens is 373 g/mol. The minimum atomic E-state index is -4.48. The molecule has 3 heterocycles. The first kappa shape index (κ1) is 18.9. The van der Waals surface area contributed by atoms with Gasteiger partial charge in [0.25, 0.3) is 5.56 Å². The fourth-order valence-corrected chi connectivity index (χ4v) is 3.67. The van der Waals surface area contributed by atoms with Crippen molar-refractivity contribution in [3.8, 4) is 0 Å². The minimum absolute atomic E-state index is 0.0725. The predicted molar refractivity (Wildman–Crippen MR) is 96.2 cm³/mol. The smallest absolute Gasteiger partial charge is 0.338 e. The summed E-state index contributed by atoms with van der Waals surface area (Å²) in [5, 5.41) is 4.47. The molecule has 1 fully saturated rings. The highest BCUT2D eigenvalue weighted by Gasteiger charge is 2.33. The summed E-state index contributed by atoms with van der Waals surface area (Å²) in [4.78, 5) is 23.7. The fraction of sp³-hybridized carbons (Fsp3) is 0.556. The molecule has 0 bridgehead atoms. The second kappa shape index (κ2) is 7.50. The predicted octanol–water partition coefficient (Wildman–Crippen LogP) is 1.36. The zero-order chi connectivity index (χ0) is 19.7. The van der Waals surface area contributed by atoms with Crippen molar-refractivity contribution in [2.24, 2.45) is 0 Å². The molecule has 1 aliphatic heterocycles. The summed E-state index contributed by atoms with van der Waals surface area (Å²) in [6.45, 7) is 3.58. The van der Waals surface area contributed by atoms with E-state index in [0.717, 1.165) is 42.8 Å². The van der Waals surface area contributed by atoms with Gasteiger partial charge in [-0.2, -0.15) is 18.3 Å². The topological polar surface area (TPSA) is 67.2 Å². The number of aromatic nitrogens is 4. The van der Waals surface area contributed by atoms with Gasteiger partial charge in [0, 0.05) is 45.0 Å². The zero-order valence-corrected chi connectivity index (χ0v) is 15.3. The van der Waals surface area contributed by atoms with Crippen molar-refractivity contribution in [2.75, 3.05) is 37.6 Å². The van der Waals surface area contributed by atoms with Crippen molar-refractivity contribution >= 4 is 5.95 Å². The first-order valence-electron chi connectivity index (χ1n) is 9.37. The van der Waals surface area contributed by atoms with Crippen LogP contribution in [-0.4, -0.2) is 57.4 Å². The molecule has 0 atom stereocenters. The van der Waals surface area contributed by atoms with E-state index < -0.39 is 11.9 Å². The van der Waals surface area contributed by atoms with Gasteiger partial charge in [0.1, 0.15) is 5.69 Å². The summed E-state index contributed by atoms with van der Waals surface area (Å²) in [5.74, 6) is 0.103. The quantitative estimate of drug-likeness (QED) is 0.780. The Balaban J connectivity index is 1.33. The third-order valence-corrected chi connectivity index (χ3v) is 5.24. The molecule has 2 aromatic heterocycles. The molecular formula is C18H21F3N6O. The van der Waals surface area contributed by atoms with E-state index in [1.54, 1.807) is 11.0 Å². The first-order valence-corrected chi connectivity index (χ1v) is 9.37. The van der Waals surface area contributed by atoms with Gasteiger partial charge < -0.3 is 4.90 Å². The molecule has 1 aliphatic carbocycles. The molecule has 4 rings (SSSR count). The van der Waals surface area contributed by atoms with E-state index in [9.17, 15) is 18.0 Å². The molecule has 10 heteroatoms. The van der Waals surface area contributed by atoms with Crippen LogP contribution in [-0.2, 0) is 25.6 Å². The van der Waals surface area contributed by atoms with Crippen molar-refractivity contribution in [3.05, 3.63) is 45.6 Å². The summed E-state index contributed by atoms with van der Waals surface area (Å²) in [6.07, 6.45) is -0.437. The van der Waals surface area contributed by atoms with E-state index in [1.807, 2.05) is 0 Å². The van der Waals surface area contributed by atoms with Gasteiger partial charge in [0.15, 0.2) is 0 Å². The maximum Gasteiger partial charge on any atom is 0.433 e. The van der Waals surface area contributed by atoms with Crippen LogP contribution in [0.1, 0.15) is 23.4 Å². The number of alkyl halides is 3. The second-order valence-corrected chi connectivity index (χ2v) is 7.10. The summed E-state index contributed by atoms with van der Waals surface area (Å²) in [7, 11) is 0. The Kier molecular flexibility index (Phi) is 5.05. The Morgan fingerprint density at radius 1 is 1.07 bits per heavy atom. The monoisotopic (exact) mass is 394 g/mol. The number of fused-ring (bicyclic) bond motifs is 1. The van der Waals surface area contributed by atoms with Crippen LogP contribution < -0.4 is 10.5 Å². The van der Waals surface area contributed by atoms with Crippen molar-refractivity contribution in [3.63, 3.8) is 0 Å². The summed E-state index contributed by atoms with van der Waals surface area (Å²) in [6, 6.07) is 2.57. The van der Waals surface area contributed by atoms with Crippen LogP contribution in [0.2, 0.25) is 0 Å². The van der Waals surface area contributed by atoms with Gasteiger partial charge in [-0.25, -0.2) is 14.6 Å². The standard InChI is InChI=1S/C18H21F3N6O/c19-18(20,21)15-4-5-22-17(23-15)26-9-6-25(7-10-26)8-11-27-16(28)12-13-2-1-3-14(13)24-27/h4-5,12H,1-3,6-11H2. The van der Waals surface area contributed by atoms with Crippen LogP contribution in [0.4, 0.5) is 19.1 Å². The Morgan fingerprint density at radius 3 is 2.61 bits per heavy atom. The summed E-state index contributed by atoms with van der Waals surface area (Å²) < 4.78 is 40.0. The Morgan fingerprint density at radius 2 is 1.86 bits per heavy atom. The van der Waals surface area contributed by atoms with Crippen molar-refractivity contribution < 1.29 is 13.2 Å². The molecule has 0 aromatic carbocycles. The molecule has 7 nitrogen and oxygen atoms in total. The SMILES string of the molecule is O=c1cc2c(nn1CCN1CCN(c3nccc(C(F)(F)F)n3)CC1)CCC2. The number of hydrogen-bond donors (Lipinski definition) is 0. The average Bonchev–Trinajstić information content (AvgIpc) is 3.13. The van der Waals surface area contributed by atoms with Crippen LogP contribution in [0.3, 0.4) is 0 Å². The lowest BCUT2D eigenvalue weighted by molar-refractivity contribution is -0.141. The Hall–Kier alpha value is -2.49. The molecule has 0 unspecified atom stereocenters. The van der Waals surface area contributed by atoms with E-state index in [-0.39, 0.29) is 11.5 Å². The lowest BCUT2D eigenvalue weighted by atomic mass is 10.2. The molecule has 0 radical (unpaired) electrons. The number of nitrogens with zero attached hydrogens (tertiary/aromatic N) is 6. The number of hydrogen-bond acceptors (Lipinski definition) is 6. The normalized spacial score (nSPS) is 17.8. The molecule has 2 aromatic rings. The minimum Gasteiger partial charge on any atom is -0.338 e. The van der Waals surface area contributed by atoms with Crippen LogP contribution >= 0.6 is 0 Å². The maximum absolute atomic E-state index is 12.8. The highest BCUT2D eigenvalue weighted by atomic mass is 19.4. The highest BCUT2D eigenvalue weighted by Crippen LogP contribution is 2.28. The van der Waals surface area contributed by atoms with E-state index in [1.165, 1.54) is 4.68 Å². The molecule has 0 amide bonds.